The van der Waals surface area contributed by atoms with E-state index in [4.69, 9.17) is 0 Å². The maximum atomic E-state index is 12.2. The molecule has 3 heteroatoms. The van der Waals surface area contributed by atoms with Gasteiger partial charge in [-0.1, -0.05) is 25.7 Å². The number of nitrogens with one attached hydrogen (secondary N) is 2. The molecular weight excluding hydrogens is 248 g/mol. The molecule has 4 unspecified atom stereocenters. The summed E-state index contributed by atoms with van der Waals surface area (Å²) in [5, 5.41) is 6.71. The second-order valence-corrected chi connectivity index (χ2v) is 7.41. The van der Waals surface area contributed by atoms with Gasteiger partial charge < -0.3 is 10.6 Å². The Morgan fingerprint density at radius 2 is 1.90 bits per heavy atom. The van der Waals surface area contributed by atoms with Gasteiger partial charge in [-0.3, -0.25) is 4.79 Å². The summed E-state index contributed by atoms with van der Waals surface area (Å²) < 4.78 is 0. The molecule has 0 aromatic heterocycles. The Morgan fingerprint density at radius 3 is 2.55 bits per heavy atom. The maximum absolute atomic E-state index is 12.2. The second-order valence-electron chi connectivity index (χ2n) is 7.41. The molecule has 3 fully saturated rings. The van der Waals surface area contributed by atoms with Crippen LogP contribution in [0.3, 0.4) is 0 Å². The summed E-state index contributed by atoms with van der Waals surface area (Å²) in [4.78, 5) is 12.2. The SMILES string of the molecule is CC(NCC1CC2CCC1C2)C(=O)NC1CCCCC1. The van der Waals surface area contributed by atoms with Gasteiger partial charge in [-0.05, 0) is 63.3 Å². The molecule has 0 spiro atoms. The van der Waals surface area contributed by atoms with Crippen LogP contribution < -0.4 is 10.6 Å². The zero-order valence-electron chi connectivity index (χ0n) is 12.9. The van der Waals surface area contributed by atoms with Crippen molar-refractivity contribution >= 4 is 5.91 Å². The predicted octanol–water partition coefficient (Wildman–Crippen LogP) is 2.85. The quantitative estimate of drug-likeness (QED) is 0.812. The standard InChI is InChI=1S/C17H30N2O/c1-12(17(20)19-16-5-3-2-4-6-16)18-11-15-10-13-7-8-14(15)9-13/h12-16,18H,2-11H2,1H3,(H,19,20). The van der Waals surface area contributed by atoms with Gasteiger partial charge in [-0.25, -0.2) is 0 Å². The molecule has 0 saturated heterocycles. The summed E-state index contributed by atoms with van der Waals surface area (Å²) >= 11 is 0. The van der Waals surface area contributed by atoms with Crippen LogP contribution in [0.5, 0.6) is 0 Å². The van der Waals surface area contributed by atoms with Crippen LogP contribution in [0.25, 0.3) is 0 Å². The molecule has 3 rings (SSSR count). The first kappa shape index (κ1) is 14.4. The van der Waals surface area contributed by atoms with Crippen LogP contribution in [-0.4, -0.2) is 24.5 Å². The molecule has 1 amide bonds. The molecule has 0 aliphatic heterocycles. The lowest BCUT2D eigenvalue weighted by Gasteiger charge is -2.26. The summed E-state index contributed by atoms with van der Waals surface area (Å²) in [5.41, 5.74) is 0. The van der Waals surface area contributed by atoms with E-state index in [2.05, 4.69) is 10.6 Å². The minimum Gasteiger partial charge on any atom is -0.352 e. The molecule has 114 valence electrons. The van der Waals surface area contributed by atoms with Crippen molar-refractivity contribution < 1.29 is 4.79 Å². The van der Waals surface area contributed by atoms with Crippen LogP contribution >= 0.6 is 0 Å². The largest absolute Gasteiger partial charge is 0.352 e. The van der Waals surface area contributed by atoms with Crippen molar-refractivity contribution in [1.29, 1.82) is 0 Å². The molecule has 0 aromatic rings. The molecule has 20 heavy (non-hydrogen) atoms. The third-order valence-electron chi connectivity index (χ3n) is 5.92. The van der Waals surface area contributed by atoms with Crippen molar-refractivity contribution in [2.24, 2.45) is 17.8 Å². The van der Waals surface area contributed by atoms with Gasteiger partial charge in [0.25, 0.3) is 0 Å². The molecule has 3 aliphatic rings. The topological polar surface area (TPSA) is 41.1 Å². The van der Waals surface area contributed by atoms with Gasteiger partial charge in [0.1, 0.15) is 0 Å². The van der Waals surface area contributed by atoms with Crippen LogP contribution in [0.2, 0.25) is 0 Å². The zero-order chi connectivity index (χ0) is 13.9. The molecule has 0 heterocycles. The zero-order valence-corrected chi connectivity index (χ0v) is 12.9. The van der Waals surface area contributed by atoms with Gasteiger partial charge in [0.2, 0.25) is 5.91 Å². The maximum Gasteiger partial charge on any atom is 0.237 e. The Bertz CT molecular complexity index is 338. The third-order valence-corrected chi connectivity index (χ3v) is 5.92. The van der Waals surface area contributed by atoms with E-state index in [1.54, 1.807) is 0 Å². The Labute approximate surface area is 123 Å². The van der Waals surface area contributed by atoms with Gasteiger partial charge in [-0.15, -0.1) is 0 Å². The van der Waals surface area contributed by atoms with E-state index in [1.165, 1.54) is 57.8 Å². The Hall–Kier alpha value is -0.570. The fourth-order valence-electron chi connectivity index (χ4n) is 4.62. The Kier molecular flexibility index (Phi) is 4.65. The molecule has 0 aromatic carbocycles. The summed E-state index contributed by atoms with van der Waals surface area (Å²) in [7, 11) is 0. The van der Waals surface area contributed by atoms with Gasteiger partial charge in [0.15, 0.2) is 0 Å². The highest BCUT2D eigenvalue weighted by Crippen LogP contribution is 2.47. The molecule has 3 aliphatic carbocycles. The lowest BCUT2D eigenvalue weighted by molar-refractivity contribution is -0.123. The normalized spacial score (nSPS) is 35.1. The molecule has 0 radical (unpaired) electrons. The van der Waals surface area contributed by atoms with Crippen LogP contribution in [0.15, 0.2) is 0 Å². The fraction of sp³-hybridized carbons (Fsp3) is 0.941. The summed E-state index contributed by atoms with van der Waals surface area (Å²) in [5.74, 6) is 2.98. The highest BCUT2D eigenvalue weighted by molar-refractivity contribution is 5.81. The van der Waals surface area contributed by atoms with Gasteiger partial charge in [0.05, 0.1) is 6.04 Å². The number of amides is 1. The molecule has 2 N–H and O–H groups in total. The molecule has 4 atom stereocenters. The molecular formula is C17H30N2O. The molecule has 3 saturated carbocycles. The van der Waals surface area contributed by atoms with Gasteiger partial charge in [0, 0.05) is 6.04 Å². The van der Waals surface area contributed by atoms with Crippen molar-refractivity contribution in [1.82, 2.24) is 10.6 Å². The van der Waals surface area contributed by atoms with E-state index in [-0.39, 0.29) is 11.9 Å². The first-order valence-electron chi connectivity index (χ1n) is 8.76. The number of carbonyl (C=O) groups excluding carboxylic acids is 1. The van der Waals surface area contributed by atoms with Gasteiger partial charge in [-0.2, -0.15) is 0 Å². The van der Waals surface area contributed by atoms with Gasteiger partial charge >= 0.3 is 0 Å². The average molecular weight is 278 g/mol. The fourth-order valence-corrected chi connectivity index (χ4v) is 4.62. The number of rotatable bonds is 5. The molecule has 3 nitrogen and oxygen atoms in total. The number of hydrogen-bond acceptors (Lipinski definition) is 2. The average Bonchev–Trinajstić information content (AvgIpc) is 3.08. The van der Waals surface area contributed by atoms with E-state index in [1.807, 2.05) is 6.92 Å². The van der Waals surface area contributed by atoms with Crippen molar-refractivity contribution in [3.8, 4) is 0 Å². The summed E-state index contributed by atoms with van der Waals surface area (Å²) in [6.07, 6.45) is 12.0. The van der Waals surface area contributed by atoms with Crippen LogP contribution in [0.1, 0.15) is 64.7 Å². The Balaban J connectivity index is 1.37. The lowest BCUT2D eigenvalue weighted by Crippen LogP contribution is -2.48. The van der Waals surface area contributed by atoms with E-state index < -0.39 is 0 Å². The van der Waals surface area contributed by atoms with E-state index in [9.17, 15) is 4.79 Å². The van der Waals surface area contributed by atoms with Crippen LogP contribution in [0, 0.1) is 17.8 Å². The highest BCUT2D eigenvalue weighted by Gasteiger charge is 2.39. The molecule has 2 bridgehead atoms. The predicted molar refractivity (Wildman–Crippen MR) is 81.4 cm³/mol. The highest BCUT2D eigenvalue weighted by atomic mass is 16.2. The van der Waals surface area contributed by atoms with Crippen molar-refractivity contribution in [2.45, 2.75) is 76.8 Å². The first-order valence-corrected chi connectivity index (χ1v) is 8.76. The van der Waals surface area contributed by atoms with Crippen molar-refractivity contribution in [3.05, 3.63) is 0 Å². The third kappa shape index (κ3) is 3.36. The van der Waals surface area contributed by atoms with E-state index >= 15 is 0 Å². The van der Waals surface area contributed by atoms with Crippen molar-refractivity contribution in [3.63, 3.8) is 0 Å². The van der Waals surface area contributed by atoms with Crippen molar-refractivity contribution in [2.75, 3.05) is 6.54 Å². The van der Waals surface area contributed by atoms with E-state index in [0.717, 1.165) is 24.3 Å². The minimum atomic E-state index is -0.0314. The smallest absolute Gasteiger partial charge is 0.237 e. The summed E-state index contributed by atoms with van der Waals surface area (Å²) in [6.45, 7) is 3.06. The number of carbonyl (C=O) groups is 1. The first-order chi connectivity index (χ1) is 9.72. The summed E-state index contributed by atoms with van der Waals surface area (Å²) in [6, 6.07) is 0.402. The lowest BCUT2D eigenvalue weighted by atomic mass is 9.88. The number of fused-ring (bicyclic) bond motifs is 2. The monoisotopic (exact) mass is 278 g/mol. The number of hydrogen-bond donors (Lipinski definition) is 2. The van der Waals surface area contributed by atoms with E-state index in [0.29, 0.717) is 6.04 Å². The minimum absolute atomic E-state index is 0.0314. The van der Waals surface area contributed by atoms with Crippen LogP contribution in [0.4, 0.5) is 0 Å². The van der Waals surface area contributed by atoms with Crippen LogP contribution in [-0.2, 0) is 4.79 Å². The Morgan fingerprint density at radius 1 is 1.10 bits per heavy atom. The second kappa shape index (κ2) is 6.46.